The smallest absolute Gasteiger partial charge is 0.739 e. The first-order valence-corrected chi connectivity index (χ1v) is 16.8. The molecule has 0 amide bonds. The number of hydrogen-bond donors (Lipinski definition) is 0. The number of ether oxygens (including phenoxy) is 1. The number of fused-ring (bicyclic) bond motifs is 8. The number of anilines is 1. The van der Waals surface area contributed by atoms with E-state index in [0.717, 1.165) is 32.7 Å². The van der Waals surface area contributed by atoms with Gasteiger partial charge in [-0.3, -0.25) is 0 Å². The summed E-state index contributed by atoms with van der Waals surface area (Å²) in [6, 6.07) is 31.9. The zero-order valence-corrected chi connectivity index (χ0v) is 29.9. The second-order valence-corrected chi connectivity index (χ2v) is 12.9. The van der Waals surface area contributed by atoms with Crippen molar-refractivity contribution in [1.82, 2.24) is 0 Å². The maximum absolute atomic E-state index is 12.7. The number of oxazole rings is 1. The van der Waals surface area contributed by atoms with Gasteiger partial charge in [0.1, 0.15) is 22.3 Å². The summed E-state index contributed by atoms with van der Waals surface area (Å²) in [4.78, 5) is 1.65. The van der Waals surface area contributed by atoms with E-state index >= 15 is 0 Å². The van der Waals surface area contributed by atoms with Crippen LogP contribution in [0.5, 0.6) is 5.75 Å². The first-order chi connectivity index (χ1) is 24.3. The number of aromatic nitrogens is 1. The van der Waals surface area contributed by atoms with Crippen molar-refractivity contribution in [3.63, 3.8) is 0 Å². The van der Waals surface area contributed by atoms with Crippen molar-refractivity contribution in [3.05, 3.63) is 152 Å². The van der Waals surface area contributed by atoms with Crippen LogP contribution in [-0.2, 0) is 10.1 Å². The molecule has 51 heavy (non-hydrogen) atoms. The number of para-hydroxylation sites is 2. The topological polar surface area (TPSA) is 113 Å². The van der Waals surface area contributed by atoms with Gasteiger partial charge in [-0.05, 0) is 42.0 Å². The van der Waals surface area contributed by atoms with Crippen LogP contribution in [0.4, 0.5) is 5.69 Å². The molecule has 0 saturated heterocycles. The summed E-state index contributed by atoms with van der Waals surface area (Å²) in [6.45, 7) is 3.47. The third kappa shape index (κ3) is 5.43. The predicted octanol–water partition coefficient (Wildman–Crippen LogP) is 5.88. The molecule has 0 saturated carbocycles. The van der Waals surface area contributed by atoms with Crippen molar-refractivity contribution in [1.29, 1.82) is 0 Å². The quantitative estimate of drug-likeness (QED) is 0.0721. The Morgan fingerprint density at radius 3 is 2.08 bits per heavy atom. The molecule has 11 heteroatoms. The molecule has 9 nitrogen and oxygen atoms in total. The van der Waals surface area contributed by atoms with Crippen molar-refractivity contribution in [2.45, 2.75) is 0 Å². The van der Waals surface area contributed by atoms with Crippen LogP contribution in [0, 0.1) is 7.05 Å². The Bertz CT molecular complexity index is 2990. The molecule has 0 aliphatic carbocycles. The molecule has 9 rings (SSSR count). The molecule has 0 fully saturated rings. The minimum absolute atomic E-state index is 0. The van der Waals surface area contributed by atoms with Crippen LogP contribution in [0.15, 0.2) is 146 Å². The summed E-state index contributed by atoms with van der Waals surface area (Å²) in [6.07, 6.45) is 3.38. The van der Waals surface area contributed by atoms with E-state index in [4.69, 9.17) is 18.0 Å². The van der Waals surface area contributed by atoms with Gasteiger partial charge in [0, 0.05) is 39.4 Å². The molecule has 1 aliphatic rings. The zero-order valence-electron chi connectivity index (χ0n) is 27.0. The maximum Gasteiger partial charge on any atom is 1.00 e. The van der Waals surface area contributed by atoms with E-state index in [9.17, 15) is 13.0 Å². The molecule has 0 spiro atoms. The number of rotatable bonds is 5. The van der Waals surface area contributed by atoms with Gasteiger partial charge in [-0.25, -0.2) is 15.5 Å². The Morgan fingerprint density at radius 1 is 0.784 bits per heavy atom. The molecule has 0 radical (unpaired) electrons. The van der Waals surface area contributed by atoms with Crippen molar-refractivity contribution in [2.24, 2.45) is 0 Å². The number of nitrogens with zero attached hydrogens (tertiary/aromatic N) is 2. The Morgan fingerprint density at radius 2 is 1.41 bits per heavy atom. The first kappa shape index (κ1) is 32.7. The van der Waals surface area contributed by atoms with Crippen LogP contribution in [0.2, 0.25) is 0 Å². The molecule has 4 heterocycles. The average Bonchev–Trinajstić information content (AvgIpc) is 3.85. The normalized spacial score (nSPS) is 13.9. The first-order valence-electron chi connectivity index (χ1n) is 15.4. The van der Waals surface area contributed by atoms with E-state index in [0.29, 0.717) is 45.2 Å². The van der Waals surface area contributed by atoms with Crippen molar-refractivity contribution >= 4 is 87.5 Å². The van der Waals surface area contributed by atoms with Gasteiger partial charge in [0.15, 0.2) is 21.8 Å². The summed E-state index contributed by atoms with van der Waals surface area (Å²) < 4.78 is 64.2. The molecule has 0 atom stereocenters. The van der Waals surface area contributed by atoms with Gasteiger partial charge in [0.05, 0.1) is 17.8 Å². The second kappa shape index (κ2) is 12.3. The van der Waals surface area contributed by atoms with Gasteiger partial charge < -0.3 is 27.4 Å². The minimum atomic E-state index is -5.11. The summed E-state index contributed by atoms with van der Waals surface area (Å²) in [5, 5.41) is 2.74. The van der Waals surface area contributed by atoms with E-state index in [2.05, 4.69) is 25.1 Å². The standard InChI is InChI=1S/C40H24N2O7S.Na/c1-3-11-40(50(43,44)45)42-31-23-35-29(27-15-8-10-17-33(27)47-35)21-37(31)49-39(42)19-25(24-12-5-4-6-13-24)18-38-41(2)30-22-34-28(20-36(30)48-38)26-14-7-9-16-32(26)46-34;/h4-10,12-23H,1-2H2,(H,43,44,45);/q;+1/p-1. The third-order valence-corrected chi connectivity index (χ3v) is 9.42. The molecule has 0 bridgehead atoms. The van der Waals surface area contributed by atoms with E-state index < -0.39 is 15.1 Å². The summed E-state index contributed by atoms with van der Waals surface area (Å²) >= 11 is 0. The SMILES string of the molecule is C=C=C=C([n+]1c(C=C(C=C2Oc3cc4c(cc3N2[CH2-])oc2ccccc24)c2ccccc2)oc2cc3c(cc21)oc1ccccc13)S(=O)(=O)[O-].[Na+]. The Kier molecular flexibility index (Phi) is 7.91. The van der Waals surface area contributed by atoms with Crippen LogP contribution in [-0.4, -0.2) is 13.0 Å². The van der Waals surface area contributed by atoms with Crippen LogP contribution >= 0.6 is 0 Å². The monoisotopic (exact) mass is 698 g/mol. The van der Waals surface area contributed by atoms with Crippen molar-refractivity contribution in [3.8, 4) is 5.75 Å². The Balaban J connectivity index is 0.00000374. The summed E-state index contributed by atoms with van der Waals surface area (Å²) in [5.41, 5.74) is 9.86. The molecule has 8 aromatic rings. The molecule has 0 unspecified atom stereocenters. The summed E-state index contributed by atoms with van der Waals surface area (Å²) in [5.74, 6) is 0.988. The van der Waals surface area contributed by atoms with Gasteiger partial charge in [-0.15, -0.1) is 4.57 Å². The van der Waals surface area contributed by atoms with Gasteiger partial charge in [-0.1, -0.05) is 72.5 Å². The van der Waals surface area contributed by atoms with E-state index in [1.165, 1.54) is 4.57 Å². The zero-order chi connectivity index (χ0) is 34.1. The fraction of sp³-hybridized carbons (Fsp3) is 0. The average molecular weight is 699 g/mol. The van der Waals surface area contributed by atoms with E-state index in [-0.39, 0.29) is 41.0 Å². The Hall–Kier alpha value is -5.54. The minimum Gasteiger partial charge on any atom is -0.739 e. The number of hydrogen-bond acceptors (Lipinski definition) is 8. The molecule has 5 aromatic carbocycles. The van der Waals surface area contributed by atoms with Crippen LogP contribution in [0.3, 0.4) is 0 Å². The predicted molar refractivity (Wildman–Crippen MR) is 190 cm³/mol. The van der Waals surface area contributed by atoms with Gasteiger partial charge in [-0.2, -0.15) is 0 Å². The van der Waals surface area contributed by atoms with Crippen molar-refractivity contribution in [2.75, 3.05) is 4.90 Å². The number of furan rings is 2. The molecule has 0 N–H and O–H groups in total. The summed E-state index contributed by atoms with van der Waals surface area (Å²) in [7, 11) is -0.866. The molecular formula is C40H23N2NaO7S. The van der Waals surface area contributed by atoms with Crippen LogP contribution in [0.1, 0.15) is 11.5 Å². The van der Waals surface area contributed by atoms with Crippen LogP contribution in [0.25, 0.3) is 71.7 Å². The van der Waals surface area contributed by atoms with Gasteiger partial charge in [0.25, 0.3) is 5.52 Å². The fourth-order valence-electron chi connectivity index (χ4n) is 6.42. The van der Waals surface area contributed by atoms with Crippen molar-refractivity contribution < 1.29 is 65.1 Å². The maximum atomic E-state index is 12.7. The third-order valence-electron chi connectivity index (χ3n) is 8.66. The van der Waals surface area contributed by atoms with Gasteiger partial charge in [0.2, 0.25) is 5.58 Å². The largest absolute Gasteiger partial charge is 1.00 e. The fourth-order valence-corrected chi connectivity index (χ4v) is 7.02. The number of benzene rings is 5. The van der Waals surface area contributed by atoms with E-state index in [1.807, 2.05) is 91.0 Å². The Labute approximate surface area is 313 Å². The number of allylic oxidation sites excluding steroid dienone is 2. The van der Waals surface area contributed by atoms with Gasteiger partial charge >= 0.3 is 40.5 Å². The molecule has 1 aliphatic heterocycles. The van der Waals surface area contributed by atoms with Crippen LogP contribution < -0.4 is 43.8 Å². The van der Waals surface area contributed by atoms with E-state index in [1.54, 1.807) is 29.2 Å². The molecular weight excluding hydrogens is 676 g/mol. The molecule has 242 valence electrons. The molecule has 3 aromatic heterocycles. The second-order valence-electron chi connectivity index (χ2n) is 11.6.